The van der Waals surface area contributed by atoms with Crippen LogP contribution in [-0.4, -0.2) is 45.1 Å². The number of nitrogens with one attached hydrogen (secondary N) is 3. The molecule has 1 heterocycles. The predicted octanol–water partition coefficient (Wildman–Crippen LogP) is 2.88. The normalized spacial score (nSPS) is 19.0. The van der Waals surface area contributed by atoms with Gasteiger partial charge in [0.15, 0.2) is 5.96 Å². The maximum absolute atomic E-state index is 11.5. The summed E-state index contributed by atoms with van der Waals surface area (Å²) in [5.41, 5.74) is 2.75. The lowest BCUT2D eigenvalue weighted by Gasteiger charge is -2.29. The van der Waals surface area contributed by atoms with Crippen LogP contribution in [0.3, 0.4) is 0 Å². The molecule has 156 valence electrons. The summed E-state index contributed by atoms with van der Waals surface area (Å²) in [6.07, 6.45) is 6.58. The number of carbonyl (C=O) groups excluding carboxylic acids is 1. The minimum absolute atomic E-state index is 0. The van der Waals surface area contributed by atoms with E-state index in [0.29, 0.717) is 18.5 Å². The molecule has 2 aliphatic rings. The number of halogens is 1. The van der Waals surface area contributed by atoms with E-state index >= 15 is 0 Å². The van der Waals surface area contributed by atoms with Gasteiger partial charge in [-0.15, -0.1) is 24.0 Å². The van der Waals surface area contributed by atoms with Crippen molar-refractivity contribution in [1.29, 1.82) is 0 Å². The number of piperazine rings is 1. The van der Waals surface area contributed by atoms with E-state index in [0.717, 1.165) is 31.3 Å². The molecule has 1 aliphatic heterocycles. The van der Waals surface area contributed by atoms with Crippen LogP contribution in [0, 0.1) is 5.41 Å². The summed E-state index contributed by atoms with van der Waals surface area (Å²) >= 11 is 0. The molecule has 0 radical (unpaired) electrons. The molecular weight excluding hydrogens is 465 g/mol. The van der Waals surface area contributed by atoms with Gasteiger partial charge in [0.2, 0.25) is 5.91 Å². The minimum Gasteiger partial charge on any atom is -0.360 e. The first-order valence-electron chi connectivity index (χ1n) is 10.2. The number of amides is 1. The van der Waals surface area contributed by atoms with Crippen LogP contribution >= 0.6 is 24.0 Å². The van der Waals surface area contributed by atoms with Gasteiger partial charge in [-0.25, -0.2) is 0 Å². The zero-order chi connectivity index (χ0) is 19.1. The smallest absolute Gasteiger partial charge is 0.239 e. The van der Waals surface area contributed by atoms with Crippen molar-refractivity contribution in [3.63, 3.8) is 0 Å². The van der Waals surface area contributed by atoms with Gasteiger partial charge < -0.3 is 20.9 Å². The van der Waals surface area contributed by atoms with Crippen LogP contribution in [0.5, 0.6) is 0 Å². The molecule has 0 atom stereocenters. The molecule has 1 aromatic carbocycles. The Morgan fingerprint density at radius 1 is 1.21 bits per heavy atom. The number of carbonyl (C=O) groups is 1. The lowest BCUT2D eigenvalue weighted by Crippen LogP contribution is -2.47. The topological polar surface area (TPSA) is 68.8 Å². The Hall–Kier alpha value is -1.51. The van der Waals surface area contributed by atoms with Crippen molar-refractivity contribution in [3.8, 4) is 0 Å². The average molecular weight is 499 g/mol. The zero-order valence-electron chi connectivity index (χ0n) is 17.1. The highest BCUT2D eigenvalue weighted by molar-refractivity contribution is 14.0. The second kappa shape index (κ2) is 10.9. The lowest BCUT2D eigenvalue weighted by atomic mass is 9.83. The molecule has 0 spiro atoms. The molecule has 1 amide bonds. The average Bonchev–Trinajstić information content (AvgIpc) is 3.18. The SMILES string of the molecule is CCC1(CNC(=NC)NCc2ccc(N3CCNC(=O)C3)cc2)CCCC1.I. The van der Waals surface area contributed by atoms with E-state index in [1.54, 1.807) is 0 Å². The first-order valence-corrected chi connectivity index (χ1v) is 10.2. The first-order chi connectivity index (χ1) is 13.1. The highest BCUT2D eigenvalue weighted by Gasteiger charge is 2.31. The van der Waals surface area contributed by atoms with E-state index in [9.17, 15) is 4.79 Å². The maximum atomic E-state index is 11.5. The summed E-state index contributed by atoms with van der Waals surface area (Å²) in [6, 6.07) is 8.42. The van der Waals surface area contributed by atoms with Crippen LogP contribution in [0.25, 0.3) is 0 Å². The fourth-order valence-corrected chi connectivity index (χ4v) is 4.14. The number of anilines is 1. The van der Waals surface area contributed by atoms with Crippen LogP contribution < -0.4 is 20.9 Å². The zero-order valence-corrected chi connectivity index (χ0v) is 19.4. The van der Waals surface area contributed by atoms with E-state index in [1.165, 1.54) is 37.7 Å². The Kier molecular flexibility index (Phi) is 8.85. The van der Waals surface area contributed by atoms with E-state index in [1.807, 2.05) is 7.05 Å². The Labute approximate surface area is 186 Å². The fraction of sp³-hybridized carbons (Fsp3) is 0.619. The van der Waals surface area contributed by atoms with Crippen LogP contribution in [0.15, 0.2) is 29.3 Å². The van der Waals surface area contributed by atoms with Crippen molar-refractivity contribution >= 4 is 41.5 Å². The van der Waals surface area contributed by atoms with Gasteiger partial charge in [0, 0.05) is 38.9 Å². The molecule has 1 saturated carbocycles. The van der Waals surface area contributed by atoms with Crippen molar-refractivity contribution < 1.29 is 4.79 Å². The summed E-state index contributed by atoms with van der Waals surface area (Å²) < 4.78 is 0. The number of rotatable bonds is 6. The summed E-state index contributed by atoms with van der Waals surface area (Å²) in [5, 5.41) is 9.81. The Balaban J connectivity index is 0.00000280. The van der Waals surface area contributed by atoms with Gasteiger partial charge in [0.1, 0.15) is 0 Å². The molecule has 1 aliphatic carbocycles. The molecule has 7 heteroatoms. The molecule has 3 N–H and O–H groups in total. The number of hydrogen-bond acceptors (Lipinski definition) is 3. The lowest BCUT2D eigenvalue weighted by molar-refractivity contribution is -0.120. The number of benzene rings is 1. The molecule has 3 rings (SSSR count). The third kappa shape index (κ3) is 5.99. The number of hydrogen-bond donors (Lipinski definition) is 3. The van der Waals surface area contributed by atoms with Gasteiger partial charge in [-0.1, -0.05) is 31.9 Å². The second-order valence-corrected chi connectivity index (χ2v) is 7.78. The fourth-order valence-electron chi connectivity index (χ4n) is 4.14. The largest absolute Gasteiger partial charge is 0.360 e. The quantitative estimate of drug-likeness (QED) is 0.320. The number of nitrogens with zero attached hydrogens (tertiary/aromatic N) is 2. The summed E-state index contributed by atoms with van der Waals surface area (Å²) in [4.78, 5) is 18.0. The minimum atomic E-state index is 0. The van der Waals surface area contributed by atoms with Gasteiger partial charge in [0.05, 0.1) is 6.54 Å². The highest BCUT2D eigenvalue weighted by atomic mass is 127. The number of guanidine groups is 1. The van der Waals surface area contributed by atoms with Gasteiger partial charge in [0.25, 0.3) is 0 Å². The third-order valence-corrected chi connectivity index (χ3v) is 6.07. The standard InChI is InChI=1S/C21H33N5O.HI/c1-3-21(10-4-5-11-21)16-25-20(22-2)24-14-17-6-8-18(9-7-17)26-13-12-23-19(27)15-26;/h6-9H,3-5,10-16H2,1-2H3,(H,23,27)(H2,22,24,25);1H. The van der Waals surface area contributed by atoms with Gasteiger partial charge in [-0.05, 0) is 42.4 Å². The molecular formula is C21H34IN5O. The Bertz CT molecular complexity index is 655. The Morgan fingerprint density at radius 3 is 2.54 bits per heavy atom. The van der Waals surface area contributed by atoms with E-state index in [2.05, 4.69) is 57.0 Å². The van der Waals surface area contributed by atoms with E-state index in [-0.39, 0.29) is 29.9 Å². The van der Waals surface area contributed by atoms with E-state index in [4.69, 9.17) is 0 Å². The summed E-state index contributed by atoms with van der Waals surface area (Å²) in [5.74, 6) is 0.959. The molecule has 1 aromatic rings. The van der Waals surface area contributed by atoms with Crippen LogP contribution in [0.1, 0.15) is 44.6 Å². The molecule has 6 nitrogen and oxygen atoms in total. The molecule has 0 bridgehead atoms. The molecule has 2 fully saturated rings. The van der Waals surface area contributed by atoms with Crippen molar-refractivity contribution in [2.24, 2.45) is 10.4 Å². The van der Waals surface area contributed by atoms with Crippen molar-refractivity contribution in [2.45, 2.75) is 45.6 Å². The third-order valence-electron chi connectivity index (χ3n) is 6.07. The molecule has 0 aromatic heterocycles. The molecule has 0 unspecified atom stereocenters. The Morgan fingerprint density at radius 2 is 1.93 bits per heavy atom. The number of aliphatic imine (C=N–C) groups is 1. The van der Waals surface area contributed by atoms with Crippen LogP contribution in [0.2, 0.25) is 0 Å². The van der Waals surface area contributed by atoms with Gasteiger partial charge >= 0.3 is 0 Å². The molecule has 1 saturated heterocycles. The van der Waals surface area contributed by atoms with Crippen molar-refractivity contribution in [1.82, 2.24) is 16.0 Å². The maximum Gasteiger partial charge on any atom is 0.239 e. The van der Waals surface area contributed by atoms with Gasteiger partial charge in [-0.2, -0.15) is 0 Å². The van der Waals surface area contributed by atoms with Crippen molar-refractivity contribution in [2.75, 3.05) is 38.1 Å². The van der Waals surface area contributed by atoms with Crippen molar-refractivity contribution in [3.05, 3.63) is 29.8 Å². The second-order valence-electron chi connectivity index (χ2n) is 7.78. The monoisotopic (exact) mass is 499 g/mol. The predicted molar refractivity (Wildman–Crippen MR) is 126 cm³/mol. The van der Waals surface area contributed by atoms with E-state index < -0.39 is 0 Å². The molecule has 28 heavy (non-hydrogen) atoms. The summed E-state index contributed by atoms with van der Waals surface area (Å²) in [6.45, 7) is 6.05. The van der Waals surface area contributed by atoms with Crippen LogP contribution in [0.4, 0.5) is 5.69 Å². The van der Waals surface area contributed by atoms with Crippen LogP contribution in [-0.2, 0) is 11.3 Å². The highest BCUT2D eigenvalue weighted by Crippen LogP contribution is 2.40. The summed E-state index contributed by atoms with van der Waals surface area (Å²) in [7, 11) is 1.83. The van der Waals surface area contributed by atoms with Gasteiger partial charge in [-0.3, -0.25) is 9.79 Å². The first kappa shape index (κ1) is 22.8.